The topological polar surface area (TPSA) is 64.1 Å². The van der Waals surface area contributed by atoms with Crippen LogP contribution in [0.25, 0.3) is 0 Å². The van der Waals surface area contributed by atoms with E-state index in [1.807, 2.05) is 6.92 Å². The number of carbonyl (C=O) groups excluding carboxylic acids is 1. The van der Waals surface area contributed by atoms with Gasteiger partial charge >= 0.3 is 0 Å². The minimum atomic E-state index is 0.182. The predicted octanol–water partition coefficient (Wildman–Crippen LogP) is 2.14. The molecule has 0 amide bonds. The van der Waals surface area contributed by atoms with Crippen molar-refractivity contribution < 1.29 is 9.53 Å². The van der Waals surface area contributed by atoms with Crippen LogP contribution in [0.4, 0.5) is 5.95 Å². The van der Waals surface area contributed by atoms with Crippen molar-refractivity contribution >= 4 is 11.7 Å². The standard InChI is InChI=1S/C15H21N3O2/c1-9-6-12-14(13(19)7-9)10(2)17-15(18-12)16-8-11-4-3-5-20-11/h9,11H,3-8H2,1-2H3,(H,16,17,18)/t9-,11+/m1/s1. The molecule has 0 spiro atoms. The minimum absolute atomic E-state index is 0.182. The number of nitrogens with one attached hydrogen (secondary N) is 1. The van der Waals surface area contributed by atoms with Crippen LogP contribution in [-0.4, -0.2) is 35.0 Å². The molecule has 1 fully saturated rings. The molecule has 2 heterocycles. The van der Waals surface area contributed by atoms with Gasteiger partial charge in [-0.15, -0.1) is 0 Å². The van der Waals surface area contributed by atoms with Crippen LogP contribution < -0.4 is 5.32 Å². The number of hydrogen-bond donors (Lipinski definition) is 1. The Bertz CT molecular complexity index is 524. The van der Waals surface area contributed by atoms with Crippen molar-refractivity contribution in [3.63, 3.8) is 0 Å². The number of anilines is 1. The van der Waals surface area contributed by atoms with E-state index in [9.17, 15) is 4.79 Å². The Hall–Kier alpha value is -1.49. The summed E-state index contributed by atoms with van der Waals surface area (Å²) in [5.41, 5.74) is 2.43. The molecule has 5 nitrogen and oxygen atoms in total. The zero-order valence-electron chi connectivity index (χ0n) is 12.1. The zero-order chi connectivity index (χ0) is 14.1. The van der Waals surface area contributed by atoms with Crippen molar-refractivity contribution in [3.05, 3.63) is 17.0 Å². The largest absolute Gasteiger partial charge is 0.376 e. The second-order valence-electron chi connectivity index (χ2n) is 5.91. The number of aryl methyl sites for hydroxylation is 1. The minimum Gasteiger partial charge on any atom is -0.376 e. The number of rotatable bonds is 3. The van der Waals surface area contributed by atoms with Crippen LogP contribution >= 0.6 is 0 Å². The summed E-state index contributed by atoms with van der Waals surface area (Å²) >= 11 is 0. The summed E-state index contributed by atoms with van der Waals surface area (Å²) in [6.07, 6.45) is 3.95. The maximum atomic E-state index is 12.1. The number of aromatic nitrogens is 2. The zero-order valence-corrected chi connectivity index (χ0v) is 12.1. The maximum Gasteiger partial charge on any atom is 0.223 e. The molecule has 0 radical (unpaired) electrons. The van der Waals surface area contributed by atoms with Gasteiger partial charge in [0, 0.05) is 19.6 Å². The Morgan fingerprint density at radius 3 is 2.95 bits per heavy atom. The third-order valence-corrected chi connectivity index (χ3v) is 4.03. The van der Waals surface area contributed by atoms with Crippen LogP contribution in [0.15, 0.2) is 0 Å². The number of ether oxygens (including phenoxy) is 1. The monoisotopic (exact) mass is 275 g/mol. The third kappa shape index (κ3) is 2.68. The third-order valence-electron chi connectivity index (χ3n) is 4.03. The van der Waals surface area contributed by atoms with E-state index in [1.54, 1.807) is 0 Å². The molecule has 1 saturated heterocycles. The molecule has 0 bridgehead atoms. The maximum absolute atomic E-state index is 12.1. The van der Waals surface area contributed by atoms with Crippen molar-refractivity contribution in [2.24, 2.45) is 5.92 Å². The average Bonchev–Trinajstić information content (AvgIpc) is 2.88. The van der Waals surface area contributed by atoms with E-state index in [4.69, 9.17) is 4.74 Å². The molecule has 3 rings (SSSR count). The van der Waals surface area contributed by atoms with E-state index in [0.29, 0.717) is 18.3 Å². The molecule has 2 aliphatic rings. The van der Waals surface area contributed by atoms with Crippen molar-refractivity contribution in [1.82, 2.24) is 9.97 Å². The van der Waals surface area contributed by atoms with Gasteiger partial charge in [0.2, 0.25) is 5.95 Å². The molecule has 2 atom stereocenters. The average molecular weight is 275 g/mol. The molecule has 0 unspecified atom stereocenters. The highest BCUT2D eigenvalue weighted by atomic mass is 16.5. The van der Waals surface area contributed by atoms with Crippen LogP contribution in [0.1, 0.15) is 47.9 Å². The molecular weight excluding hydrogens is 254 g/mol. The Kier molecular flexibility index (Phi) is 3.70. The smallest absolute Gasteiger partial charge is 0.223 e. The van der Waals surface area contributed by atoms with Crippen molar-refractivity contribution in [3.8, 4) is 0 Å². The van der Waals surface area contributed by atoms with E-state index < -0.39 is 0 Å². The highest BCUT2D eigenvalue weighted by molar-refractivity contribution is 5.99. The summed E-state index contributed by atoms with van der Waals surface area (Å²) in [6, 6.07) is 0. The highest BCUT2D eigenvalue weighted by Gasteiger charge is 2.26. The van der Waals surface area contributed by atoms with Crippen LogP contribution in [-0.2, 0) is 11.2 Å². The summed E-state index contributed by atoms with van der Waals surface area (Å²) in [4.78, 5) is 21.0. The number of Topliss-reactive ketones (excluding diaryl/α,β-unsaturated/α-hetero) is 1. The lowest BCUT2D eigenvalue weighted by Gasteiger charge is -2.21. The number of hydrogen-bond acceptors (Lipinski definition) is 5. The molecular formula is C15H21N3O2. The molecule has 1 N–H and O–H groups in total. The second-order valence-corrected chi connectivity index (χ2v) is 5.91. The van der Waals surface area contributed by atoms with Crippen LogP contribution in [0.2, 0.25) is 0 Å². The molecule has 1 aliphatic heterocycles. The van der Waals surface area contributed by atoms with Gasteiger partial charge < -0.3 is 10.1 Å². The summed E-state index contributed by atoms with van der Waals surface area (Å²) in [6.45, 7) is 5.58. The van der Waals surface area contributed by atoms with Gasteiger partial charge in [0.05, 0.1) is 23.1 Å². The fourth-order valence-electron chi connectivity index (χ4n) is 3.05. The fraction of sp³-hybridized carbons (Fsp3) is 0.667. The Morgan fingerprint density at radius 1 is 1.35 bits per heavy atom. The molecule has 5 heteroatoms. The molecule has 1 aromatic heterocycles. The normalized spacial score (nSPS) is 25.6. The fourth-order valence-corrected chi connectivity index (χ4v) is 3.05. The summed E-state index contributed by atoms with van der Waals surface area (Å²) in [5.74, 6) is 1.18. The van der Waals surface area contributed by atoms with E-state index in [1.165, 1.54) is 0 Å². The first-order chi connectivity index (χ1) is 9.63. The molecule has 1 aliphatic carbocycles. The lowest BCUT2D eigenvalue weighted by molar-refractivity contribution is 0.0950. The first-order valence-corrected chi connectivity index (χ1v) is 7.39. The van der Waals surface area contributed by atoms with Crippen LogP contribution in [0.5, 0.6) is 0 Å². The van der Waals surface area contributed by atoms with Gasteiger partial charge in [0.1, 0.15) is 0 Å². The second kappa shape index (κ2) is 5.48. The molecule has 108 valence electrons. The Morgan fingerprint density at radius 2 is 2.20 bits per heavy atom. The predicted molar refractivity (Wildman–Crippen MR) is 76.0 cm³/mol. The van der Waals surface area contributed by atoms with Crippen molar-refractivity contribution in [2.45, 2.75) is 45.6 Å². The lowest BCUT2D eigenvalue weighted by Crippen LogP contribution is -2.24. The van der Waals surface area contributed by atoms with Gasteiger partial charge in [0.15, 0.2) is 5.78 Å². The van der Waals surface area contributed by atoms with Crippen LogP contribution in [0.3, 0.4) is 0 Å². The first kappa shape index (κ1) is 13.5. The summed E-state index contributed by atoms with van der Waals surface area (Å²) in [5, 5.41) is 3.25. The highest BCUT2D eigenvalue weighted by Crippen LogP contribution is 2.26. The van der Waals surface area contributed by atoms with E-state index in [2.05, 4.69) is 22.2 Å². The van der Waals surface area contributed by atoms with Crippen LogP contribution in [0, 0.1) is 12.8 Å². The lowest BCUT2D eigenvalue weighted by atomic mass is 9.86. The van der Waals surface area contributed by atoms with Gasteiger partial charge in [-0.05, 0) is 32.1 Å². The molecule has 0 aromatic carbocycles. The Labute approximate surface area is 119 Å². The Balaban J connectivity index is 1.77. The van der Waals surface area contributed by atoms with E-state index >= 15 is 0 Å². The van der Waals surface area contributed by atoms with E-state index in [0.717, 1.165) is 49.4 Å². The first-order valence-electron chi connectivity index (χ1n) is 7.39. The molecule has 0 saturated carbocycles. The van der Waals surface area contributed by atoms with Gasteiger partial charge in [-0.3, -0.25) is 4.79 Å². The quantitative estimate of drug-likeness (QED) is 0.915. The number of carbonyl (C=O) groups is 1. The summed E-state index contributed by atoms with van der Waals surface area (Å²) in [7, 11) is 0. The number of nitrogens with zero attached hydrogens (tertiary/aromatic N) is 2. The van der Waals surface area contributed by atoms with Gasteiger partial charge in [-0.2, -0.15) is 0 Å². The van der Waals surface area contributed by atoms with E-state index in [-0.39, 0.29) is 11.9 Å². The van der Waals surface area contributed by atoms with Crippen molar-refractivity contribution in [2.75, 3.05) is 18.5 Å². The number of fused-ring (bicyclic) bond motifs is 1. The molecule has 20 heavy (non-hydrogen) atoms. The number of ketones is 1. The molecule has 1 aromatic rings. The van der Waals surface area contributed by atoms with Crippen molar-refractivity contribution in [1.29, 1.82) is 0 Å². The van der Waals surface area contributed by atoms with Gasteiger partial charge in [-0.1, -0.05) is 6.92 Å². The van der Waals surface area contributed by atoms with Gasteiger partial charge in [0.25, 0.3) is 0 Å². The summed E-state index contributed by atoms with van der Waals surface area (Å²) < 4.78 is 5.58. The van der Waals surface area contributed by atoms with Gasteiger partial charge in [-0.25, -0.2) is 9.97 Å². The SMILES string of the molecule is Cc1nc(NC[C@@H]2CCCO2)nc2c1C(=O)C[C@H](C)C2.